The van der Waals surface area contributed by atoms with Gasteiger partial charge in [-0.2, -0.15) is 5.26 Å². The Labute approximate surface area is 88.9 Å². The van der Waals surface area contributed by atoms with Crippen LogP contribution in [0.1, 0.15) is 19.4 Å². The molecule has 1 aromatic carbocycles. The summed E-state index contributed by atoms with van der Waals surface area (Å²) in [5.74, 6) is 1.65. The molecule has 1 rings (SSSR count). The van der Waals surface area contributed by atoms with Gasteiger partial charge in [-0.1, -0.05) is 13.0 Å². The Hall–Kier alpha value is -1.14. The Morgan fingerprint density at radius 1 is 1.43 bits per heavy atom. The van der Waals surface area contributed by atoms with Crippen LogP contribution in [0.15, 0.2) is 23.1 Å². The van der Waals surface area contributed by atoms with Crippen LogP contribution in [0, 0.1) is 11.3 Å². The van der Waals surface area contributed by atoms with E-state index in [0.717, 1.165) is 10.6 Å². The normalized spacial score (nSPS) is 9.50. The predicted molar refractivity (Wildman–Crippen MR) is 58.7 cm³/mol. The smallest absolute Gasteiger partial charge is 0.138 e. The van der Waals surface area contributed by atoms with Gasteiger partial charge < -0.3 is 4.74 Å². The zero-order valence-electron chi connectivity index (χ0n) is 8.41. The van der Waals surface area contributed by atoms with E-state index in [4.69, 9.17) is 10.00 Å². The number of hydrogen-bond acceptors (Lipinski definition) is 3. The maximum atomic E-state index is 9.01. The highest BCUT2D eigenvalue weighted by atomic mass is 32.2. The third-order valence-corrected chi connectivity index (χ3v) is 2.64. The standard InChI is InChI=1S/C11H13NOS/c1-3-13-10-6-5-7-11(14-4-2)9(10)8-12/h5-7H,3-4H2,1-2H3. The average molecular weight is 207 g/mol. The van der Waals surface area contributed by atoms with E-state index in [2.05, 4.69) is 13.0 Å². The van der Waals surface area contributed by atoms with Gasteiger partial charge in [0.2, 0.25) is 0 Å². The van der Waals surface area contributed by atoms with Crippen molar-refractivity contribution in [3.05, 3.63) is 23.8 Å². The predicted octanol–water partition coefficient (Wildman–Crippen LogP) is 3.07. The lowest BCUT2D eigenvalue weighted by molar-refractivity contribution is 0.338. The van der Waals surface area contributed by atoms with E-state index in [0.29, 0.717) is 17.9 Å². The van der Waals surface area contributed by atoms with Crippen molar-refractivity contribution in [2.75, 3.05) is 12.4 Å². The van der Waals surface area contributed by atoms with E-state index in [-0.39, 0.29) is 0 Å². The first-order valence-corrected chi connectivity index (χ1v) is 5.60. The van der Waals surface area contributed by atoms with E-state index < -0.39 is 0 Å². The Morgan fingerprint density at radius 2 is 2.21 bits per heavy atom. The summed E-state index contributed by atoms with van der Waals surface area (Å²) in [5, 5.41) is 9.01. The molecule has 0 aliphatic rings. The molecule has 2 nitrogen and oxygen atoms in total. The molecule has 0 fully saturated rings. The molecule has 14 heavy (non-hydrogen) atoms. The van der Waals surface area contributed by atoms with Gasteiger partial charge in [-0.05, 0) is 24.8 Å². The van der Waals surface area contributed by atoms with Crippen LogP contribution in [0.5, 0.6) is 5.75 Å². The zero-order valence-corrected chi connectivity index (χ0v) is 9.23. The third kappa shape index (κ3) is 2.43. The minimum Gasteiger partial charge on any atom is -0.492 e. The van der Waals surface area contributed by atoms with Crippen molar-refractivity contribution in [2.45, 2.75) is 18.7 Å². The fraction of sp³-hybridized carbons (Fsp3) is 0.364. The first-order chi connectivity index (χ1) is 6.83. The molecule has 0 saturated heterocycles. The van der Waals surface area contributed by atoms with Crippen molar-refractivity contribution in [2.24, 2.45) is 0 Å². The van der Waals surface area contributed by atoms with Crippen molar-refractivity contribution >= 4 is 11.8 Å². The molecule has 0 N–H and O–H groups in total. The van der Waals surface area contributed by atoms with Crippen LogP contribution in [-0.4, -0.2) is 12.4 Å². The average Bonchev–Trinajstić information content (AvgIpc) is 2.19. The highest BCUT2D eigenvalue weighted by Crippen LogP contribution is 2.29. The van der Waals surface area contributed by atoms with Gasteiger partial charge in [0.1, 0.15) is 17.4 Å². The molecular weight excluding hydrogens is 194 g/mol. The van der Waals surface area contributed by atoms with Crippen LogP contribution < -0.4 is 4.74 Å². The monoisotopic (exact) mass is 207 g/mol. The molecule has 0 heterocycles. The molecule has 0 unspecified atom stereocenters. The van der Waals surface area contributed by atoms with Gasteiger partial charge in [0.25, 0.3) is 0 Å². The van der Waals surface area contributed by atoms with Crippen LogP contribution in [-0.2, 0) is 0 Å². The van der Waals surface area contributed by atoms with Crippen molar-refractivity contribution in [3.63, 3.8) is 0 Å². The number of hydrogen-bond donors (Lipinski definition) is 0. The Balaban J connectivity index is 3.06. The summed E-state index contributed by atoms with van der Waals surface area (Å²) < 4.78 is 5.38. The maximum Gasteiger partial charge on any atom is 0.138 e. The maximum absolute atomic E-state index is 9.01. The number of nitrogens with zero attached hydrogens (tertiary/aromatic N) is 1. The molecule has 3 heteroatoms. The molecular formula is C11H13NOS. The molecule has 0 aliphatic carbocycles. The second kappa shape index (κ2) is 5.56. The van der Waals surface area contributed by atoms with Crippen LogP contribution in [0.2, 0.25) is 0 Å². The van der Waals surface area contributed by atoms with Crippen LogP contribution in [0.25, 0.3) is 0 Å². The van der Waals surface area contributed by atoms with Crippen LogP contribution in [0.3, 0.4) is 0 Å². The van der Waals surface area contributed by atoms with Crippen molar-refractivity contribution in [1.29, 1.82) is 5.26 Å². The SMILES string of the molecule is CCOc1cccc(SCC)c1C#N. The van der Waals surface area contributed by atoms with Gasteiger partial charge in [0, 0.05) is 4.90 Å². The first kappa shape index (κ1) is 10.9. The van der Waals surface area contributed by atoms with E-state index in [9.17, 15) is 0 Å². The summed E-state index contributed by atoms with van der Waals surface area (Å²) >= 11 is 1.66. The number of thioether (sulfide) groups is 1. The zero-order chi connectivity index (χ0) is 10.4. The largest absolute Gasteiger partial charge is 0.492 e. The first-order valence-electron chi connectivity index (χ1n) is 4.62. The van der Waals surface area contributed by atoms with E-state index in [1.807, 2.05) is 25.1 Å². The van der Waals surface area contributed by atoms with E-state index in [1.54, 1.807) is 11.8 Å². The fourth-order valence-electron chi connectivity index (χ4n) is 1.17. The molecule has 0 spiro atoms. The number of rotatable bonds is 4. The number of benzene rings is 1. The van der Waals surface area contributed by atoms with Gasteiger partial charge in [0.05, 0.1) is 6.61 Å². The molecule has 1 aromatic rings. The second-order valence-corrected chi connectivity index (χ2v) is 3.91. The van der Waals surface area contributed by atoms with E-state index in [1.165, 1.54) is 0 Å². The molecule has 0 radical (unpaired) electrons. The Bertz CT molecular complexity index is 319. The van der Waals surface area contributed by atoms with Crippen molar-refractivity contribution < 1.29 is 4.74 Å². The molecule has 0 amide bonds. The molecule has 74 valence electrons. The topological polar surface area (TPSA) is 33.0 Å². The lowest BCUT2D eigenvalue weighted by atomic mass is 10.2. The van der Waals surface area contributed by atoms with Crippen LogP contribution in [0.4, 0.5) is 0 Å². The Kier molecular flexibility index (Phi) is 4.34. The molecule has 0 aliphatic heterocycles. The van der Waals surface area contributed by atoms with Gasteiger partial charge >= 0.3 is 0 Å². The number of ether oxygens (including phenoxy) is 1. The summed E-state index contributed by atoms with van der Waals surface area (Å²) in [7, 11) is 0. The summed E-state index contributed by atoms with van der Waals surface area (Å²) in [6.07, 6.45) is 0. The molecule has 0 aromatic heterocycles. The minimum atomic E-state index is 0.592. The Morgan fingerprint density at radius 3 is 2.79 bits per heavy atom. The minimum absolute atomic E-state index is 0.592. The van der Waals surface area contributed by atoms with Gasteiger partial charge in [0.15, 0.2) is 0 Å². The lowest BCUT2D eigenvalue weighted by Gasteiger charge is -2.08. The molecule has 0 bridgehead atoms. The van der Waals surface area contributed by atoms with Gasteiger partial charge in [-0.25, -0.2) is 0 Å². The quantitative estimate of drug-likeness (QED) is 0.711. The molecule has 0 atom stereocenters. The summed E-state index contributed by atoms with van der Waals surface area (Å²) in [4.78, 5) is 1.00. The highest BCUT2D eigenvalue weighted by Gasteiger charge is 2.07. The van der Waals surface area contributed by atoms with Crippen LogP contribution >= 0.6 is 11.8 Å². The number of nitriles is 1. The summed E-state index contributed by atoms with van der Waals surface area (Å²) in [6.45, 7) is 4.58. The molecule has 0 saturated carbocycles. The fourth-order valence-corrected chi connectivity index (χ4v) is 1.95. The summed E-state index contributed by atoms with van der Waals surface area (Å²) in [6, 6.07) is 7.90. The van der Waals surface area contributed by atoms with Crippen molar-refractivity contribution in [3.8, 4) is 11.8 Å². The highest BCUT2D eigenvalue weighted by molar-refractivity contribution is 7.99. The second-order valence-electron chi connectivity index (χ2n) is 2.61. The van der Waals surface area contributed by atoms with Crippen molar-refractivity contribution in [1.82, 2.24) is 0 Å². The summed E-state index contributed by atoms with van der Waals surface area (Å²) in [5.41, 5.74) is 0.654. The lowest BCUT2D eigenvalue weighted by Crippen LogP contribution is -1.95. The third-order valence-electron chi connectivity index (χ3n) is 1.70. The van der Waals surface area contributed by atoms with E-state index >= 15 is 0 Å². The van der Waals surface area contributed by atoms with Gasteiger partial charge in [-0.15, -0.1) is 11.8 Å². The van der Waals surface area contributed by atoms with Gasteiger partial charge in [-0.3, -0.25) is 0 Å².